The summed E-state index contributed by atoms with van der Waals surface area (Å²) in [6.07, 6.45) is 1.19. The summed E-state index contributed by atoms with van der Waals surface area (Å²) in [5.41, 5.74) is 1.35. The summed E-state index contributed by atoms with van der Waals surface area (Å²) in [5.74, 6) is -0.0554. The van der Waals surface area contributed by atoms with E-state index in [1.165, 1.54) is 34.9 Å². The van der Waals surface area contributed by atoms with Gasteiger partial charge in [-0.05, 0) is 48.9 Å². The third-order valence-electron chi connectivity index (χ3n) is 4.99. The summed E-state index contributed by atoms with van der Waals surface area (Å²) in [4.78, 5) is 19.4. The quantitative estimate of drug-likeness (QED) is 0.321. The summed E-state index contributed by atoms with van der Waals surface area (Å²) in [6.45, 7) is 6.02. The standard InChI is InChI=1S/C21H23ClN6O4S/c1-4-27(5-2)33(31,32)16-11-9-15(10-12-16)25-20-19(28(29)30)21(24-13-23-20)26-18-8-6-7-17(22)14(18)3/h6-13H,4-5H2,1-3H3,(H2,23,24,25,26). The topological polar surface area (TPSA) is 130 Å². The van der Waals surface area contributed by atoms with Crippen LogP contribution in [0.1, 0.15) is 19.4 Å². The first-order chi connectivity index (χ1) is 15.7. The van der Waals surface area contributed by atoms with E-state index in [0.717, 1.165) is 0 Å². The van der Waals surface area contributed by atoms with Gasteiger partial charge in [0.05, 0.1) is 9.82 Å². The van der Waals surface area contributed by atoms with E-state index >= 15 is 0 Å². The molecule has 0 saturated carbocycles. The van der Waals surface area contributed by atoms with Crippen molar-refractivity contribution in [3.05, 3.63) is 69.5 Å². The fourth-order valence-electron chi connectivity index (χ4n) is 3.16. The molecule has 0 amide bonds. The molecule has 1 heterocycles. The number of sulfonamides is 1. The summed E-state index contributed by atoms with van der Waals surface area (Å²) < 4.78 is 26.7. The number of hydrogen-bond donors (Lipinski definition) is 2. The monoisotopic (exact) mass is 490 g/mol. The number of nitrogens with zero attached hydrogens (tertiary/aromatic N) is 4. The van der Waals surface area contributed by atoms with E-state index in [1.54, 1.807) is 39.0 Å². The molecule has 3 aromatic rings. The van der Waals surface area contributed by atoms with Crippen molar-refractivity contribution in [2.24, 2.45) is 0 Å². The molecule has 12 heteroatoms. The van der Waals surface area contributed by atoms with Gasteiger partial charge in [-0.25, -0.2) is 18.4 Å². The molecule has 2 aromatic carbocycles. The van der Waals surface area contributed by atoms with Crippen LogP contribution in [0.15, 0.2) is 53.7 Å². The van der Waals surface area contributed by atoms with Gasteiger partial charge in [0.2, 0.25) is 21.7 Å². The van der Waals surface area contributed by atoms with Gasteiger partial charge in [-0.3, -0.25) is 10.1 Å². The van der Waals surface area contributed by atoms with E-state index in [0.29, 0.717) is 35.1 Å². The van der Waals surface area contributed by atoms with Crippen LogP contribution in [-0.4, -0.2) is 40.7 Å². The van der Waals surface area contributed by atoms with Gasteiger partial charge >= 0.3 is 5.69 Å². The Kier molecular flexibility index (Phi) is 7.46. The zero-order valence-corrected chi connectivity index (χ0v) is 19.8. The number of anilines is 4. The van der Waals surface area contributed by atoms with Crippen LogP contribution >= 0.6 is 11.6 Å². The fraction of sp³-hybridized carbons (Fsp3) is 0.238. The lowest BCUT2D eigenvalue weighted by atomic mass is 10.2. The second-order valence-electron chi connectivity index (χ2n) is 6.95. The SMILES string of the molecule is CCN(CC)S(=O)(=O)c1ccc(Nc2ncnc(Nc3cccc(Cl)c3C)c2[N+](=O)[O-])cc1. The Morgan fingerprint density at radius 3 is 2.21 bits per heavy atom. The van der Waals surface area contributed by atoms with E-state index in [1.807, 2.05) is 0 Å². The first kappa shape index (κ1) is 24.4. The Balaban J connectivity index is 1.92. The van der Waals surface area contributed by atoms with Gasteiger partial charge in [-0.1, -0.05) is 31.5 Å². The number of nitro groups is 1. The van der Waals surface area contributed by atoms with Gasteiger partial charge < -0.3 is 10.6 Å². The molecule has 3 rings (SSSR count). The molecule has 0 radical (unpaired) electrons. The normalized spacial score (nSPS) is 11.4. The van der Waals surface area contributed by atoms with E-state index in [9.17, 15) is 18.5 Å². The van der Waals surface area contributed by atoms with Crippen LogP contribution in [0.25, 0.3) is 0 Å². The van der Waals surface area contributed by atoms with E-state index in [2.05, 4.69) is 20.6 Å². The van der Waals surface area contributed by atoms with Gasteiger partial charge in [-0.15, -0.1) is 0 Å². The Labute approximate surface area is 196 Å². The van der Waals surface area contributed by atoms with Crippen molar-refractivity contribution in [3.8, 4) is 0 Å². The molecule has 0 aliphatic rings. The van der Waals surface area contributed by atoms with Gasteiger partial charge in [0.1, 0.15) is 6.33 Å². The molecule has 0 aliphatic carbocycles. The lowest BCUT2D eigenvalue weighted by Gasteiger charge is -2.18. The summed E-state index contributed by atoms with van der Waals surface area (Å²) in [7, 11) is -3.61. The molecule has 0 aliphatic heterocycles. The highest BCUT2D eigenvalue weighted by Crippen LogP contribution is 2.34. The minimum absolute atomic E-state index is 0.0106. The molecule has 0 spiro atoms. The molecule has 33 heavy (non-hydrogen) atoms. The lowest BCUT2D eigenvalue weighted by Crippen LogP contribution is -2.30. The van der Waals surface area contributed by atoms with Crippen molar-refractivity contribution in [2.45, 2.75) is 25.7 Å². The lowest BCUT2D eigenvalue weighted by molar-refractivity contribution is -0.383. The van der Waals surface area contributed by atoms with Crippen LogP contribution in [0.4, 0.5) is 28.7 Å². The predicted molar refractivity (Wildman–Crippen MR) is 128 cm³/mol. The minimum Gasteiger partial charge on any atom is -0.334 e. The predicted octanol–water partition coefficient (Wildman–Crippen LogP) is 4.86. The average Bonchev–Trinajstić information content (AvgIpc) is 2.78. The number of rotatable bonds is 9. The smallest absolute Gasteiger partial charge is 0.334 e. The average molecular weight is 491 g/mol. The van der Waals surface area contributed by atoms with Crippen LogP contribution in [-0.2, 0) is 10.0 Å². The number of halogens is 1. The number of hydrogen-bond acceptors (Lipinski definition) is 8. The van der Waals surface area contributed by atoms with Crippen molar-refractivity contribution < 1.29 is 13.3 Å². The number of aromatic nitrogens is 2. The highest BCUT2D eigenvalue weighted by molar-refractivity contribution is 7.89. The Morgan fingerprint density at radius 2 is 1.64 bits per heavy atom. The molecule has 174 valence electrons. The third kappa shape index (κ3) is 5.21. The van der Waals surface area contributed by atoms with Crippen LogP contribution < -0.4 is 10.6 Å². The van der Waals surface area contributed by atoms with Gasteiger partial charge in [0, 0.05) is 29.5 Å². The molecule has 0 fully saturated rings. The molecule has 1 aromatic heterocycles. The van der Waals surface area contributed by atoms with Gasteiger partial charge in [-0.2, -0.15) is 4.31 Å². The second kappa shape index (κ2) is 10.1. The number of nitrogens with one attached hydrogen (secondary N) is 2. The zero-order valence-electron chi connectivity index (χ0n) is 18.2. The van der Waals surface area contributed by atoms with Crippen LogP contribution in [0, 0.1) is 17.0 Å². The second-order valence-corrected chi connectivity index (χ2v) is 9.30. The van der Waals surface area contributed by atoms with Crippen molar-refractivity contribution >= 4 is 50.3 Å². The van der Waals surface area contributed by atoms with Gasteiger partial charge in [0.15, 0.2) is 0 Å². The molecule has 0 unspecified atom stereocenters. The van der Waals surface area contributed by atoms with Crippen LogP contribution in [0.5, 0.6) is 0 Å². The fourth-order valence-corrected chi connectivity index (χ4v) is 4.80. The van der Waals surface area contributed by atoms with Gasteiger partial charge in [0.25, 0.3) is 0 Å². The van der Waals surface area contributed by atoms with E-state index in [-0.39, 0.29) is 22.2 Å². The molecule has 2 N–H and O–H groups in total. The van der Waals surface area contributed by atoms with Crippen molar-refractivity contribution in [1.82, 2.24) is 14.3 Å². The molecule has 0 bridgehead atoms. The third-order valence-corrected chi connectivity index (χ3v) is 7.46. The Bertz CT molecular complexity index is 1260. The maximum absolute atomic E-state index is 12.7. The van der Waals surface area contributed by atoms with E-state index in [4.69, 9.17) is 11.6 Å². The molecule has 0 atom stereocenters. The summed E-state index contributed by atoms with van der Waals surface area (Å²) >= 11 is 6.14. The first-order valence-corrected chi connectivity index (χ1v) is 11.9. The Morgan fingerprint density at radius 1 is 1.03 bits per heavy atom. The summed E-state index contributed by atoms with van der Waals surface area (Å²) in [5, 5.41) is 18.2. The highest BCUT2D eigenvalue weighted by Gasteiger charge is 2.25. The maximum Gasteiger partial charge on any atom is 0.353 e. The van der Waals surface area contributed by atoms with Crippen LogP contribution in [0.3, 0.4) is 0 Å². The molecular weight excluding hydrogens is 468 g/mol. The Hall–Kier alpha value is -3.28. The zero-order chi connectivity index (χ0) is 24.2. The number of benzene rings is 2. The highest BCUT2D eigenvalue weighted by atomic mass is 35.5. The molecule has 10 nitrogen and oxygen atoms in total. The molecular formula is C21H23ClN6O4S. The van der Waals surface area contributed by atoms with E-state index < -0.39 is 14.9 Å². The summed E-state index contributed by atoms with van der Waals surface area (Å²) in [6, 6.07) is 11.1. The largest absolute Gasteiger partial charge is 0.353 e. The minimum atomic E-state index is -3.61. The van der Waals surface area contributed by atoms with Crippen molar-refractivity contribution in [1.29, 1.82) is 0 Å². The van der Waals surface area contributed by atoms with Crippen LogP contribution in [0.2, 0.25) is 5.02 Å². The van der Waals surface area contributed by atoms with Crippen molar-refractivity contribution in [2.75, 3.05) is 23.7 Å². The first-order valence-electron chi connectivity index (χ1n) is 10.1. The molecule has 0 saturated heterocycles. The maximum atomic E-state index is 12.7. The van der Waals surface area contributed by atoms with Crippen molar-refractivity contribution in [3.63, 3.8) is 0 Å².